The molecule has 7 nitrogen and oxygen atoms in total. The van der Waals surface area contributed by atoms with E-state index in [0.29, 0.717) is 28.1 Å². The fourth-order valence-corrected chi connectivity index (χ4v) is 4.35. The molecule has 1 N–H and O–H groups in total. The van der Waals surface area contributed by atoms with Crippen molar-refractivity contribution in [3.63, 3.8) is 0 Å². The summed E-state index contributed by atoms with van der Waals surface area (Å²) in [6.45, 7) is 0. The predicted molar refractivity (Wildman–Crippen MR) is 114 cm³/mol. The van der Waals surface area contributed by atoms with Crippen molar-refractivity contribution in [3.8, 4) is 22.8 Å². The average Bonchev–Trinajstić information content (AvgIpc) is 3.25. The number of amides is 1. The quantitative estimate of drug-likeness (QED) is 0.488. The van der Waals surface area contributed by atoms with E-state index < -0.39 is 5.41 Å². The lowest BCUT2D eigenvalue weighted by atomic mass is 10.0. The molecule has 0 atom stereocenters. The van der Waals surface area contributed by atoms with Gasteiger partial charge >= 0.3 is 0 Å². The Balaban J connectivity index is 1.39. The van der Waals surface area contributed by atoms with E-state index >= 15 is 0 Å². The van der Waals surface area contributed by atoms with Crippen molar-refractivity contribution in [2.75, 3.05) is 19.5 Å². The summed E-state index contributed by atoms with van der Waals surface area (Å²) in [6.07, 6.45) is 1.45. The largest absolute Gasteiger partial charge is 0.493 e. The van der Waals surface area contributed by atoms with Gasteiger partial charge in [-0.3, -0.25) is 4.79 Å². The highest BCUT2D eigenvalue weighted by molar-refractivity contribution is 7.22. The van der Waals surface area contributed by atoms with Crippen LogP contribution in [0.2, 0.25) is 0 Å². The van der Waals surface area contributed by atoms with E-state index in [1.54, 1.807) is 14.2 Å². The Labute approximate surface area is 176 Å². The van der Waals surface area contributed by atoms with Crippen LogP contribution in [0.1, 0.15) is 18.5 Å². The molecule has 0 bridgehead atoms. The maximum Gasteiger partial charge on any atom is 0.238 e. The summed E-state index contributed by atoms with van der Waals surface area (Å²) in [7, 11) is 3.17. The van der Waals surface area contributed by atoms with E-state index in [-0.39, 0.29) is 5.91 Å². The number of carbonyl (C=O) groups excluding carboxylic acids is 1. The van der Waals surface area contributed by atoms with Gasteiger partial charge < -0.3 is 19.3 Å². The molecule has 1 fully saturated rings. The van der Waals surface area contributed by atoms with Crippen molar-refractivity contribution in [2.45, 2.75) is 18.3 Å². The van der Waals surface area contributed by atoms with E-state index in [2.05, 4.69) is 15.5 Å². The Morgan fingerprint density at radius 2 is 1.90 bits per heavy atom. The highest BCUT2D eigenvalue weighted by Gasteiger charge is 2.54. The molecule has 2 aromatic heterocycles. The zero-order valence-corrected chi connectivity index (χ0v) is 17.3. The molecule has 2 aromatic carbocycles. The molecule has 5 rings (SSSR count). The molecule has 1 aliphatic rings. The molecule has 0 radical (unpaired) electrons. The molecule has 4 aromatic rings. The minimum absolute atomic E-state index is 0.103. The molecule has 30 heavy (non-hydrogen) atoms. The number of nitrogens with one attached hydrogen (secondary N) is 1. The summed E-state index contributed by atoms with van der Waals surface area (Å²) in [5, 5.41) is 7.76. The van der Waals surface area contributed by atoms with Crippen molar-refractivity contribution in [3.05, 3.63) is 54.2 Å². The fourth-order valence-electron chi connectivity index (χ4n) is 3.49. The lowest BCUT2D eigenvalue weighted by Crippen LogP contribution is -2.28. The predicted octanol–water partition coefficient (Wildman–Crippen LogP) is 4.64. The number of hydrogen-bond acceptors (Lipinski definition) is 7. The highest BCUT2D eigenvalue weighted by Crippen LogP contribution is 2.49. The van der Waals surface area contributed by atoms with Gasteiger partial charge in [0.15, 0.2) is 22.4 Å². The Kier molecular flexibility index (Phi) is 4.43. The van der Waals surface area contributed by atoms with Crippen LogP contribution in [-0.2, 0) is 10.2 Å². The first-order valence-corrected chi connectivity index (χ1v) is 10.3. The molecule has 2 heterocycles. The number of ether oxygens (including phenoxy) is 2. The molecule has 1 saturated carbocycles. The number of fused-ring (bicyclic) bond motifs is 1. The number of anilines is 1. The zero-order chi connectivity index (χ0) is 20.7. The van der Waals surface area contributed by atoms with Crippen LogP contribution in [-0.4, -0.2) is 30.3 Å². The van der Waals surface area contributed by atoms with Gasteiger partial charge in [0, 0.05) is 11.6 Å². The average molecular weight is 421 g/mol. The number of nitrogens with zero attached hydrogens (tertiary/aromatic N) is 2. The summed E-state index contributed by atoms with van der Waals surface area (Å²) >= 11 is 1.46. The molecule has 1 amide bonds. The Bertz CT molecular complexity index is 1210. The number of thiazole rings is 1. The topological polar surface area (TPSA) is 86.5 Å². The number of para-hydroxylation sites is 1. The molecule has 8 heteroatoms. The van der Waals surface area contributed by atoms with E-state index in [1.165, 1.54) is 11.3 Å². The molecule has 0 spiro atoms. The van der Waals surface area contributed by atoms with Gasteiger partial charge in [0.1, 0.15) is 0 Å². The summed E-state index contributed by atoms with van der Waals surface area (Å²) in [4.78, 5) is 17.5. The van der Waals surface area contributed by atoms with Gasteiger partial charge in [-0.25, -0.2) is 4.98 Å². The van der Waals surface area contributed by atoms with E-state index in [9.17, 15) is 4.79 Å². The Morgan fingerprint density at radius 1 is 1.10 bits per heavy atom. The van der Waals surface area contributed by atoms with Gasteiger partial charge in [-0.2, -0.15) is 0 Å². The van der Waals surface area contributed by atoms with Crippen molar-refractivity contribution < 1.29 is 18.8 Å². The number of hydrogen-bond donors (Lipinski definition) is 1. The second kappa shape index (κ2) is 7.14. The highest BCUT2D eigenvalue weighted by atomic mass is 32.1. The summed E-state index contributed by atoms with van der Waals surface area (Å²) in [5.74, 6) is 1.70. The number of methoxy groups -OCH3 is 2. The summed E-state index contributed by atoms with van der Waals surface area (Å²) < 4.78 is 17.2. The second-order valence-corrected chi connectivity index (χ2v) is 8.20. The first-order valence-electron chi connectivity index (χ1n) is 9.49. The molecule has 1 aliphatic carbocycles. The molecule has 0 saturated heterocycles. The fraction of sp³-hybridized carbons (Fsp3) is 0.227. The molecule has 0 unspecified atom stereocenters. The maximum atomic E-state index is 13.0. The number of rotatable bonds is 6. The standard InChI is InChI=1S/C22H19N3O4S/c1-27-15-8-7-13(11-17(15)28-2)16-12-19(25-29-16)22(9-10-22)20(26)24-21-23-14-5-3-4-6-18(14)30-21/h3-8,11-12H,9-10H2,1-2H3,(H,23,24,26). The third kappa shape index (κ3) is 3.09. The number of carbonyl (C=O) groups is 1. The summed E-state index contributed by atoms with van der Waals surface area (Å²) in [6, 6.07) is 15.1. The van der Waals surface area contributed by atoms with Gasteiger partial charge in [-0.15, -0.1) is 0 Å². The van der Waals surface area contributed by atoms with E-state index in [1.807, 2.05) is 48.5 Å². The van der Waals surface area contributed by atoms with Crippen LogP contribution in [0.25, 0.3) is 21.5 Å². The second-order valence-electron chi connectivity index (χ2n) is 7.17. The molecular weight excluding hydrogens is 402 g/mol. The molecule has 0 aliphatic heterocycles. The molecular formula is C22H19N3O4S. The first-order chi connectivity index (χ1) is 14.6. The van der Waals surface area contributed by atoms with Crippen molar-refractivity contribution >= 4 is 32.6 Å². The van der Waals surface area contributed by atoms with Crippen LogP contribution in [0, 0.1) is 0 Å². The van der Waals surface area contributed by atoms with Crippen LogP contribution in [0.3, 0.4) is 0 Å². The zero-order valence-electron chi connectivity index (χ0n) is 16.5. The van der Waals surface area contributed by atoms with Crippen LogP contribution < -0.4 is 14.8 Å². The van der Waals surface area contributed by atoms with Gasteiger partial charge in [0.05, 0.1) is 35.5 Å². The van der Waals surface area contributed by atoms with Crippen LogP contribution in [0.15, 0.2) is 53.1 Å². The van der Waals surface area contributed by atoms with Gasteiger partial charge in [-0.05, 0) is 43.2 Å². The smallest absolute Gasteiger partial charge is 0.238 e. The van der Waals surface area contributed by atoms with Crippen molar-refractivity contribution in [1.82, 2.24) is 10.1 Å². The third-order valence-electron chi connectivity index (χ3n) is 5.37. The lowest BCUT2D eigenvalue weighted by molar-refractivity contribution is -0.118. The Morgan fingerprint density at radius 3 is 2.63 bits per heavy atom. The normalized spacial score (nSPS) is 14.5. The summed E-state index contributed by atoms with van der Waals surface area (Å²) in [5.41, 5.74) is 1.63. The number of aromatic nitrogens is 2. The lowest BCUT2D eigenvalue weighted by Gasteiger charge is -2.10. The van der Waals surface area contributed by atoms with Gasteiger partial charge in [-0.1, -0.05) is 28.6 Å². The SMILES string of the molecule is COc1ccc(-c2cc(C3(C(=O)Nc4nc5ccccc5s4)CC3)no2)cc1OC. The third-order valence-corrected chi connectivity index (χ3v) is 6.32. The number of benzene rings is 2. The molecule has 152 valence electrons. The monoisotopic (exact) mass is 421 g/mol. The minimum atomic E-state index is -0.670. The van der Waals surface area contributed by atoms with Crippen molar-refractivity contribution in [2.24, 2.45) is 0 Å². The van der Waals surface area contributed by atoms with Gasteiger partial charge in [0.2, 0.25) is 5.91 Å². The minimum Gasteiger partial charge on any atom is -0.493 e. The van der Waals surface area contributed by atoms with Gasteiger partial charge in [0.25, 0.3) is 0 Å². The Hall–Kier alpha value is -3.39. The van der Waals surface area contributed by atoms with Crippen molar-refractivity contribution in [1.29, 1.82) is 0 Å². The van der Waals surface area contributed by atoms with Crippen LogP contribution in [0.5, 0.6) is 11.5 Å². The van der Waals surface area contributed by atoms with Crippen LogP contribution >= 0.6 is 11.3 Å². The first kappa shape index (κ1) is 18.6. The maximum absolute atomic E-state index is 13.0. The van der Waals surface area contributed by atoms with Crippen LogP contribution in [0.4, 0.5) is 5.13 Å². The van der Waals surface area contributed by atoms with E-state index in [4.69, 9.17) is 14.0 Å². The van der Waals surface area contributed by atoms with E-state index in [0.717, 1.165) is 28.6 Å².